The predicted octanol–water partition coefficient (Wildman–Crippen LogP) is 2.98. The summed E-state index contributed by atoms with van der Waals surface area (Å²) in [6.07, 6.45) is 1.39. The summed E-state index contributed by atoms with van der Waals surface area (Å²) in [7, 11) is 0. The van der Waals surface area contributed by atoms with Crippen LogP contribution < -0.4 is 5.43 Å². The zero-order valence-electron chi connectivity index (χ0n) is 9.13. The van der Waals surface area contributed by atoms with Crippen molar-refractivity contribution in [1.29, 1.82) is 0 Å². The van der Waals surface area contributed by atoms with Gasteiger partial charge in [0.15, 0.2) is 0 Å². The Labute approximate surface area is 116 Å². The number of amides is 1. The number of hydrogen-bond donors (Lipinski definition) is 2. The third-order valence-electron chi connectivity index (χ3n) is 2.10. The van der Waals surface area contributed by atoms with Gasteiger partial charge < -0.3 is 5.11 Å². The van der Waals surface area contributed by atoms with Crippen LogP contribution in [0.25, 0.3) is 0 Å². The molecule has 0 aliphatic rings. The van der Waals surface area contributed by atoms with Gasteiger partial charge in [-0.05, 0) is 29.6 Å². The molecule has 6 heteroatoms. The summed E-state index contributed by atoms with van der Waals surface area (Å²) in [5.41, 5.74) is 2.92. The van der Waals surface area contributed by atoms with Crippen molar-refractivity contribution >= 4 is 39.4 Å². The fraction of sp³-hybridized carbons (Fsp3) is 0. The Bertz CT molecular complexity index is 582. The van der Waals surface area contributed by atoms with Gasteiger partial charge in [-0.2, -0.15) is 5.10 Å². The van der Waals surface area contributed by atoms with Gasteiger partial charge in [0.25, 0.3) is 5.91 Å². The highest BCUT2D eigenvalue weighted by atomic mass is 79.9. The Kier molecular flexibility index (Phi) is 4.11. The average Bonchev–Trinajstić information content (AvgIpc) is 2.87. The zero-order valence-corrected chi connectivity index (χ0v) is 11.5. The lowest BCUT2D eigenvalue weighted by Crippen LogP contribution is -2.16. The van der Waals surface area contributed by atoms with Gasteiger partial charge in [-0.15, -0.1) is 11.3 Å². The van der Waals surface area contributed by atoms with E-state index < -0.39 is 0 Å². The molecule has 0 saturated heterocycles. The first-order valence-electron chi connectivity index (χ1n) is 5.02. The largest absolute Gasteiger partial charge is 0.507 e. The van der Waals surface area contributed by atoms with Crippen LogP contribution in [0.2, 0.25) is 0 Å². The summed E-state index contributed by atoms with van der Waals surface area (Å²) >= 11 is 4.63. The molecule has 0 bridgehead atoms. The van der Waals surface area contributed by atoms with Crippen molar-refractivity contribution in [2.24, 2.45) is 5.10 Å². The van der Waals surface area contributed by atoms with E-state index in [1.165, 1.54) is 17.6 Å². The molecule has 0 aliphatic heterocycles. The van der Waals surface area contributed by atoms with Crippen LogP contribution in [0.5, 0.6) is 5.75 Å². The highest BCUT2D eigenvalue weighted by Crippen LogP contribution is 2.19. The van der Waals surface area contributed by atoms with Crippen LogP contribution in [0.1, 0.15) is 15.2 Å². The molecule has 0 atom stereocenters. The van der Waals surface area contributed by atoms with Crippen LogP contribution in [0.3, 0.4) is 0 Å². The zero-order chi connectivity index (χ0) is 13.0. The third kappa shape index (κ3) is 3.18. The molecule has 2 rings (SSSR count). The first-order chi connectivity index (χ1) is 8.66. The van der Waals surface area contributed by atoms with Crippen LogP contribution in [0.15, 0.2) is 45.3 Å². The molecule has 4 nitrogen and oxygen atoms in total. The minimum Gasteiger partial charge on any atom is -0.507 e. The van der Waals surface area contributed by atoms with Crippen molar-refractivity contribution in [2.45, 2.75) is 0 Å². The molecule has 0 saturated carbocycles. The number of halogens is 1. The molecule has 18 heavy (non-hydrogen) atoms. The molecule has 1 heterocycles. The molecule has 1 amide bonds. The predicted molar refractivity (Wildman–Crippen MR) is 75.2 cm³/mol. The fourth-order valence-corrected chi connectivity index (χ4v) is 2.24. The van der Waals surface area contributed by atoms with Gasteiger partial charge in [-0.3, -0.25) is 4.79 Å². The van der Waals surface area contributed by atoms with Gasteiger partial charge in [-0.25, -0.2) is 5.43 Å². The van der Waals surface area contributed by atoms with E-state index in [1.807, 2.05) is 5.38 Å². The van der Waals surface area contributed by atoms with Crippen molar-refractivity contribution in [3.63, 3.8) is 0 Å². The van der Waals surface area contributed by atoms with Crippen LogP contribution >= 0.6 is 27.3 Å². The standard InChI is InChI=1S/C12H9BrN2O2S/c13-9-3-4-10(16)8(6-9)7-14-15-12(17)11-2-1-5-18-11/h1-7,16H,(H,15,17)/b14-7-. The third-order valence-corrected chi connectivity index (χ3v) is 3.47. The lowest BCUT2D eigenvalue weighted by molar-refractivity contribution is 0.0959. The SMILES string of the molecule is O=C(N/N=C\c1cc(Br)ccc1O)c1cccs1. The van der Waals surface area contributed by atoms with Gasteiger partial charge in [0.05, 0.1) is 11.1 Å². The summed E-state index contributed by atoms with van der Waals surface area (Å²) in [6.45, 7) is 0. The van der Waals surface area contributed by atoms with Crippen LogP contribution in [0, 0.1) is 0 Å². The number of thiophene rings is 1. The molecule has 0 unspecified atom stereocenters. The number of hydrogen-bond acceptors (Lipinski definition) is 4. The molecule has 0 aliphatic carbocycles. The minimum absolute atomic E-state index is 0.104. The normalized spacial score (nSPS) is 10.7. The number of nitrogens with one attached hydrogen (secondary N) is 1. The number of benzene rings is 1. The molecule has 2 N–H and O–H groups in total. The Morgan fingerprint density at radius 3 is 3.00 bits per heavy atom. The van der Waals surface area contributed by atoms with Gasteiger partial charge in [0.1, 0.15) is 5.75 Å². The molecule has 0 spiro atoms. The second-order valence-electron chi connectivity index (χ2n) is 3.38. The summed E-state index contributed by atoms with van der Waals surface area (Å²) < 4.78 is 0.825. The fourth-order valence-electron chi connectivity index (χ4n) is 1.25. The number of hydrazone groups is 1. The molecular formula is C12H9BrN2O2S. The number of nitrogens with zero attached hydrogens (tertiary/aromatic N) is 1. The Morgan fingerprint density at radius 1 is 1.44 bits per heavy atom. The van der Waals surface area contributed by atoms with Crippen LogP contribution in [-0.4, -0.2) is 17.2 Å². The van der Waals surface area contributed by atoms with Crippen molar-refractivity contribution in [1.82, 2.24) is 5.43 Å². The summed E-state index contributed by atoms with van der Waals surface area (Å²) in [5.74, 6) is -0.164. The van der Waals surface area contributed by atoms with Gasteiger partial charge in [0.2, 0.25) is 0 Å². The van der Waals surface area contributed by atoms with Gasteiger partial charge >= 0.3 is 0 Å². The molecule has 2 aromatic rings. The van der Waals surface area contributed by atoms with E-state index in [9.17, 15) is 9.90 Å². The van der Waals surface area contributed by atoms with Crippen LogP contribution in [-0.2, 0) is 0 Å². The highest BCUT2D eigenvalue weighted by molar-refractivity contribution is 9.10. The van der Waals surface area contributed by atoms with Crippen molar-refractivity contribution in [3.8, 4) is 5.75 Å². The molecule has 0 radical (unpaired) electrons. The number of phenolic OH excluding ortho intramolecular Hbond substituents is 1. The Hall–Kier alpha value is -1.66. The average molecular weight is 325 g/mol. The smallest absolute Gasteiger partial charge is 0.281 e. The molecule has 92 valence electrons. The van der Waals surface area contributed by atoms with Gasteiger partial charge in [0, 0.05) is 10.0 Å². The quantitative estimate of drug-likeness (QED) is 0.673. The summed E-state index contributed by atoms with van der Waals surface area (Å²) in [4.78, 5) is 12.2. The minimum atomic E-state index is -0.268. The van der Waals surface area contributed by atoms with Crippen molar-refractivity contribution < 1.29 is 9.90 Å². The van der Waals surface area contributed by atoms with E-state index >= 15 is 0 Å². The molecule has 1 aromatic heterocycles. The highest BCUT2D eigenvalue weighted by Gasteiger charge is 2.04. The first kappa shape index (κ1) is 12.8. The van der Waals surface area contributed by atoms with Crippen molar-refractivity contribution in [3.05, 3.63) is 50.6 Å². The number of aromatic hydroxyl groups is 1. The number of phenols is 1. The Morgan fingerprint density at radius 2 is 2.28 bits per heavy atom. The lowest BCUT2D eigenvalue weighted by atomic mass is 10.2. The maximum atomic E-state index is 11.6. The number of carbonyl (C=O) groups excluding carboxylic acids is 1. The topological polar surface area (TPSA) is 61.7 Å². The lowest BCUT2D eigenvalue weighted by Gasteiger charge is -1.99. The van der Waals surface area contributed by atoms with Crippen LogP contribution in [0.4, 0.5) is 0 Å². The first-order valence-corrected chi connectivity index (χ1v) is 6.69. The maximum Gasteiger partial charge on any atom is 0.281 e. The second kappa shape index (κ2) is 5.79. The summed E-state index contributed by atoms with van der Waals surface area (Å²) in [5, 5.41) is 15.2. The molecule has 1 aromatic carbocycles. The van der Waals surface area contributed by atoms with E-state index in [0.717, 1.165) is 4.47 Å². The Balaban J connectivity index is 2.03. The van der Waals surface area contributed by atoms with E-state index in [4.69, 9.17) is 0 Å². The van der Waals surface area contributed by atoms with Crippen molar-refractivity contribution in [2.75, 3.05) is 0 Å². The monoisotopic (exact) mass is 324 g/mol. The number of carbonyl (C=O) groups is 1. The second-order valence-corrected chi connectivity index (χ2v) is 5.24. The van der Waals surface area contributed by atoms with E-state index in [-0.39, 0.29) is 11.7 Å². The van der Waals surface area contributed by atoms with E-state index in [0.29, 0.717) is 10.4 Å². The van der Waals surface area contributed by atoms with Gasteiger partial charge in [-0.1, -0.05) is 22.0 Å². The molecular weight excluding hydrogens is 316 g/mol. The maximum absolute atomic E-state index is 11.6. The van der Waals surface area contributed by atoms with E-state index in [1.54, 1.807) is 30.3 Å². The molecule has 0 fully saturated rings. The summed E-state index contributed by atoms with van der Waals surface area (Å²) in [6, 6.07) is 8.48. The number of rotatable bonds is 3. The van der Waals surface area contributed by atoms with E-state index in [2.05, 4.69) is 26.5 Å².